The van der Waals surface area contributed by atoms with Crippen LogP contribution in [0.25, 0.3) is 10.2 Å². The van der Waals surface area contributed by atoms with E-state index in [1.54, 1.807) is 41.3 Å². The zero-order chi connectivity index (χ0) is 26.0. The Morgan fingerprint density at radius 1 is 0.892 bits per heavy atom. The average Bonchev–Trinajstić information content (AvgIpc) is 3.35. The summed E-state index contributed by atoms with van der Waals surface area (Å²) in [6.45, 7) is 0.331. The number of aromatic nitrogens is 1. The van der Waals surface area contributed by atoms with Gasteiger partial charge in [-0.1, -0.05) is 75.8 Å². The lowest BCUT2D eigenvalue weighted by molar-refractivity contribution is 0.0985. The van der Waals surface area contributed by atoms with Crippen LogP contribution in [0.1, 0.15) is 15.9 Å². The molecule has 0 radical (unpaired) electrons. The predicted octanol–water partition coefficient (Wildman–Crippen LogP) is 6.73. The number of anilines is 2. The van der Waals surface area contributed by atoms with Crippen molar-refractivity contribution in [1.29, 1.82) is 0 Å². The molecular formula is C28H22BrN3O3S2. The van der Waals surface area contributed by atoms with Crippen LogP contribution >= 0.6 is 27.3 Å². The van der Waals surface area contributed by atoms with Gasteiger partial charge in [-0.05, 0) is 60.2 Å². The smallest absolute Gasteiger partial charge is 0.264 e. The predicted molar refractivity (Wildman–Crippen MR) is 153 cm³/mol. The molecule has 9 heteroatoms. The first kappa shape index (κ1) is 25.1. The Morgan fingerprint density at radius 3 is 2.22 bits per heavy atom. The van der Waals surface area contributed by atoms with Gasteiger partial charge in [0.25, 0.3) is 15.9 Å². The Balaban J connectivity index is 1.47. The van der Waals surface area contributed by atoms with Crippen molar-refractivity contribution < 1.29 is 13.2 Å². The molecule has 5 rings (SSSR count). The molecule has 0 N–H and O–H groups in total. The number of carbonyl (C=O) groups is 1. The highest BCUT2D eigenvalue weighted by Crippen LogP contribution is 2.33. The van der Waals surface area contributed by atoms with Crippen LogP contribution in [0.2, 0.25) is 0 Å². The molecule has 5 aromatic rings. The van der Waals surface area contributed by atoms with Crippen LogP contribution in [-0.4, -0.2) is 26.4 Å². The Labute approximate surface area is 228 Å². The third-order valence-corrected chi connectivity index (χ3v) is 9.21. The molecule has 186 valence electrons. The number of para-hydroxylation sites is 1. The number of halogens is 1. The van der Waals surface area contributed by atoms with Crippen molar-refractivity contribution in [3.05, 3.63) is 119 Å². The number of rotatable bonds is 7. The molecule has 0 saturated carbocycles. The SMILES string of the molecule is CN(c1ccccc1)S(=O)(=O)c1ccc(C(=O)N(Cc2ccccc2)c2nc3ccc(Br)cc3s2)cc1. The number of carbonyl (C=O) groups excluding carboxylic acids is 1. The van der Waals surface area contributed by atoms with Gasteiger partial charge in [-0.3, -0.25) is 14.0 Å². The van der Waals surface area contributed by atoms with Gasteiger partial charge in [0.1, 0.15) is 0 Å². The zero-order valence-corrected chi connectivity index (χ0v) is 23.0. The van der Waals surface area contributed by atoms with Gasteiger partial charge in [0.15, 0.2) is 5.13 Å². The van der Waals surface area contributed by atoms with Gasteiger partial charge >= 0.3 is 0 Å². The van der Waals surface area contributed by atoms with E-state index < -0.39 is 10.0 Å². The maximum atomic E-state index is 13.7. The summed E-state index contributed by atoms with van der Waals surface area (Å²) in [6, 6.07) is 30.4. The Hall–Kier alpha value is -3.53. The Morgan fingerprint density at radius 2 is 1.54 bits per heavy atom. The molecule has 1 amide bonds. The van der Waals surface area contributed by atoms with E-state index in [0.717, 1.165) is 20.3 Å². The Bertz CT molecular complexity index is 1660. The van der Waals surface area contributed by atoms with Crippen molar-refractivity contribution in [2.75, 3.05) is 16.3 Å². The van der Waals surface area contributed by atoms with Gasteiger partial charge in [0.2, 0.25) is 0 Å². The molecule has 0 bridgehead atoms. The zero-order valence-electron chi connectivity index (χ0n) is 19.8. The minimum Gasteiger partial charge on any atom is -0.279 e. The van der Waals surface area contributed by atoms with Crippen molar-refractivity contribution in [3.8, 4) is 0 Å². The molecule has 0 saturated heterocycles. The minimum atomic E-state index is -3.78. The first-order valence-electron chi connectivity index (χ1n) is 11.4. The van der Waals surface area contributed by atoms with Crippen molar-refractivity contribution in [2.24, 2.45) is 0 Å². The second-order valence-electron chi connectivity index (χ2n) is 8.32. The van der Waals surface area contributed by atoms with Crippen LogP contribution in [0.4, 0.5) is 10.8 Å². The summed E-state index contributed by atoms with van der Waals surface area (Å²) in [5.74, 6) is -0.262. The largest absolute Gasteiger partial charge is 0.279 e. The highest BCUT2D eigenvalue weighted by atomic mass is 79.9. The fourth-order valence-corrected chi connectivity index (χ4v) is 6.56. The van der Waals surface area contributed by atoms with E-state index in [1.807, 2.05) is 54.6 Å². The van der Waals surface area contributed by atoms with E-state index in [0.29, 0.717) is 22.9 Å². The van der Waals surface area contributed by atoms with E-state index in [2.05, 4.69) is 15.9 Å². The molecule has 0 atom stereocenters. The van der Waals surface area contributed by atoms with Crippen LogP contribution in [-0.2, 0) is 16.6 Å². The van der Waals surface area contributed by atoms with Gasteiger partial charge < -0.3 is 0 Å². The number of nitrogens with zero attached hydrogens (tertiary/aromatic N) is 3. The first-order chi connectivity index (χ1) is 17.8. The quantitative estimate of drug-likeness (QED) is 0.210. The van der Waals surface area contributed by atoms with Gasteiger partial charge in [0.05, 0.1) is 27.3 Å². The van der Waals surface area contributed by atoms with E-state index in [1.165, 1.54) is 34.8 Å². The van der Waals surface area contributed by atoms with Gasteiger partial charge in [-0.2, -0.15) is 0 Å². The lowest BCUT2D eigenvalue weighted by atomic mass is 10.1. The van der Waals surface area contributed by atoms with Crippen molar-refractivity contribution in [1.82, 2.24) is 4.98 Å². The summed E-state index contributed by atoms with van der Waals surface area (Å²) in [7, 11) is -2.27. The van der Waals surface area contributed by atoms with E-state index in [-0.39, 0.29) is 10.8 Å². The van der Waals surface area contributed by atoms with E-state index >= 15 is 0 Å². The molecule has 0 aliphatic heterocycles. The fraction of sp³-hybridized carbons (Fsp3) is 0.0714. The molecule has 4 aromatic carbocycles. The third kappa shape index (κ3) is 5.29. The lowest BCUT2D eigenvalue weighted by Crippen LogP contribution is -2.30. The molecule has 1 heterocycles. The second-order valence-corrected chi connectivity index (χ2v) is 12.2. The minimum absolute atomic E-state index is 0.106. The van der Waals surface area contributed by atoms with Gasteiger partial charge in [0, 0.05) is 17.1 Å². The van der Waals surface area contributed by atoms with Crippen molar-refractivity contribution in [3.63, 3.8) is 0 Å². The molecule has 1 aromatic heterocycles. The number of sulfonamides is 1. The number of thiazole rings is 1. The normalized spacial score (nSPS) is 11.4. The van der Waals surface area contributed by atoms with Crippen molar-refractivity contribution >= 4 is 64.2 Å². The number of hydrogen-bond donors (Lipinski definition) is 0. The number of benzene rings is 4. The second kappa shape index (κ2) is 10.5. The van der Waals surface area contributed by atoms with Crippen LogP contribution in [0, 0.1) is 0 Å². The van der Waals surface area contributed by atoms with Crippen LogP contribution in [0.15, 0.2) is 112 Å². The third-order valence-electron chi connectivity index (χ3n) is 5.88. The standard InChI is InChI=1S/C28H22BrN3O3S2/c1-31(23-10-6-3-7-11-23)37(34,35)24-15-12-21(13-16-24)27(33)32(19-20-8-4-2-5-9-20)28-30-25-17-14-22(29)18-26(25)36-28/h2-18H,19H2,1H3. The molecule has 0 aliphatic carbocycles. The molecule has 0 spiro atoms. The molecular weight excluding hydrogens is 570 g/mol. The van der Waals surface area contributed by atoms with Gasteiger partial charge in [-0.25, -0.2) is 13.4 Å². The highest BCUT2D eigenvalue weighted by Gasteiger charge is 2.25. The van der Waals surface area contributed by atoms with Crippen molar-refractivity contribution in [2.45, 2.75) is 11.4 Å². The number of amides is 1. The molecule has 6 nitrogen and oxygen atoms in total. The van der Waals surface area contributed by atoms with E-state index in [9.17, 15) is 13.2 Å². The molecule has 0 unspecified atom stereocenters. The highest BCUT2D eigenvalue weighted by molar-refractivity contribution is 9.10. The summed E-state index contributed by atoms with van der Waals surface area (Å²) in [5, 5.41) is 0.572. The first-order valence-corrected chi connectivity index (χ1v) is 14.4. The summed E-state index contributed by atoms with van der Waals surface area (Å²) < 4.78 is 29.4. The fourth-order valence-electron chi connectivity index (χ4n) is 3.85. The summed E-state index contributed by atoms with van der Waals surface area (Å²) >= 11 is 4.92. The number of fused-ring (bicyclic) bond motifs is 1. The molecule has 37 heavy (non-hydrogen) atoms. The lowest BCUT2D eigenvalue weighted by Gasteiger charge is -2.21. The number of hydrogen-bond acceptors (Lipinski definition) is 5. The summed E-state index contributed by atoms with van der Waals surface area (Å²) in [5.41, 5.74) is 2.69. The average molecular weight is 593 g/mol. The van der Waals surface area contributed by atoms with E-state index in [4.69, 9.17) is 4.98 Å². The Kier molecular flexibility index (Phi) is 7.10. The molecule has 0 fully saturated rings. The van der Waals surface area contributed by atoms with Crippen LogP contribution in [0.3, 0.4) is 0 Å². The molecule has 0 aliphatic rings. The van der Waals surface area contributed by atoms with Crippen LogP contribution < -0.4 is 9.21 Å². The maximum absolute atomic E-state index is 13.7. The maximum Gasteiger partial charge on any atom is 0.264 e. The van der Waals surface area contributed by atoms with Gasteiger partial charge in [-0.15, -0.1) is 0 Å². The summed E-state index contributed by atoms with van der Waals surface area (Å²) in [6.07, 6.45) is 0. The van der Waals surface area contributed by atoms with Crippen LogP contribution in [0.5, 0.6) is 0 Å². The summed E-state index contributed by atoms with van der Waals surface area (Å²) in [4.78, 5) is 20.2. The monoisotopic (exact) mass is 591 g/mol. The topological polar surface area (TPSA) is 70.6 Å².